The van der Waals surface area contributed by atoms with Crippen LogP contribution in [0.5, 0.6) is 0 Å². The Morgan fingerprint density at radius 1 is 1.24 bits per heavy atom. The van der Waals surface area contributed by atoms with Crippen LogP contribution in [0.1, 0.15) is 12.0 Å². The average molecular weight is 305 g/mol. The second kappa shape index (κ2) is 7.63. The second-order valence-electron chi connectivity index (χ2n) is 4.24. The van der Waals surface area contributed by atoms with E-state index in [4.69, 9.17) is 9.84 Å². The largest absolute Gasteiger partial charge is 0.480 e. The van der Waals surface area contributed by atoms with Gasteiger partial charge in [0.1, 0.15) is 12.6 Å². The van der Waals surface area contributed by atoms with Gasteiger partial charge in [-0.05, 0) is 5.56 Å². The quantitative estimate of drug-likeness (QED) is 0.750. The SMILES string of the molecule is O=C(CNC(CC(F)(F)F)C(=O)O)OCc1ccccc1. The van der Waals surface area contributed by atoms with Gasteiger partial charge in [-0.15, -0.1) is 0 Å². The zero-order valence-electron chi connectivity index (χ0n) is 10.9. The smallest absolute Gasteiger partial charge is 0.391 e. The Morgan fingerprint density at radius 3 is 2.38 bits per heavy atom. The molecule has 1 atom stereocenters. The molecule has 2 N–H and O–H groups in total. The first kappa shape index (κ1) is 17.0. The van der Waals surface area contributed by atoms with Crippen LogP contribution < -0.4 is 5.32 Å². The van der Waals surface area contributed by atoms with E-state index in [1.54, 1.807) is 30.3 Å². The van der Waals surface area contributed by atoms with E-state index in [-0.39, 0.29) is 6.61 Å². The number of esters is 1. The Morgan fingerprint density at radius 2 is 1.86 bits per heavy atom. The summed E-state index contributed by atoms with van der Waals surface area (Å²) < 4.78 is 41.2. The predicted octanol–water partition coefficient (Wildman–Crippen LogP) is 1.73. The monoisotopic (exact) mass is 305 g/mol. The highest BCUT2D eigenvalue weighted by atomic mass is 19.4. The van der Waals surface area contributed by atoms with Gasteiger partial charge in [0.25, 0.3) is 0 Å². The molecule has 0 heterocycles. The maximum absolute atomic E-state index is 12.1. The molecule has 0 bridgehead atoms. The summed E-state index contributed by atoms with van der Waals surface area (Å²) in [4.78, 5) is 22.0. The van der Waals surface area contributed by atoms with Crippen LogP contribution in [0.4, 0.5) is 13.2 Å². The van der Waals surface area contributed by atoms with Crippen molar-refractivity contribution in [3.8, 4) is 0 Å². The average Bonchev–Trinajstić information content (AvgIpc) is 2.41. The van der Waals surface area contributed by atoms with Crippen LogP contribution in [0.25, 0.3) is 0 Å². The van der Waals surface area contributed by atoms with Gasteiger partial charge in [0.05, 0.1) is 13.0 Å². The van der Waals surface area contributed by atoms with Crippen LogP contribution in [-0.4, -0.2) is 35.8 Å². The van der Waals surface area contributed by atoms with E-state index < -0.39 is 37.1 Å². The maximum atomic E-state index is 12.1. The summed E-state index contributed by atoms with van der Waals surface area (Å²) in [5, 5.41) is 10.7. The van der Waals surface area contributed by atoms with Crippen LogP contribution in [0.2, 0.25) is 0 Å². The van der Waals surface area contributed by atoms with E-state index in [1.165, 1.54) is 0 Å². The molecule has 0 saturated carbocycles. The van der Waals surface area contributed by atoms with Crippen LogP contribution in [0, 0.1) is 0 Å². The molecule has 21 heavy (non-hydrogen) atoms. The number of benzene rings is 1. The minimum atomic E-state index is -4.63. The van der Waals surface area contributed by atoms with Crippen molar-refractivity contribution in [1.29, 1.82) is 0 Å². The Kier molecular flexibility index (Phi) is 6.16. The second-order valence-corrected chi connectivity index (χ2v) is 4.24. The number of nitrogens with one attached hydrogen (secondary N) is 1. The van der Waals surface area contributed by atoms with Crippen molar-refractivity contribution in [3.05, 3.63) is 35.9 Å². The minimum absolute atomic E-state index is 0.0294. The molecule has 1 aromatic carbocycles. The highest BCUT2D eigenvalue weighted by Crippen LogP contribution is 2.21. The molecule has 1 rings (SSSR count). The number of hydrogen-bond acceptors (Lipinski definition) is 4. The molecule has 8 heteroatoms. The van der Waals surface area contributed by atoms with Crippen LogP contribution >= 0.6 is 0 Å². The van der Waals surface area contributed by atoms with E-state index in [2.05, 4.69) is 0 Å². The van der Waals surface area contributed by atoms with E-state index in [1.807, 2.05) is 5.32 Å². The summed E-state index contributed by atoms with van der Waals surface area (Å²) in [6, 6.07) is 6.81. The summed E-state index contributed by atoms with van der Waals surface area (Å²) in [5.41, 5.74) is 0.718. The third-order valence-electron chi connectivity index (χ3n) is 2.47. The summed E-state index contributed by atoms with van der Waals surface area (Å²) in [5.74, 6) is -2.50. The third kappa shape index (κ3) is 7.31. The molecule has 1 unspecified atom stereocenters. The lowest BCUT2D eigenvalue weighted by molar-refractivity contribution is -0.159. The van der Waals surface area contributed by atoms with E-state index in [0.29, 0.717) is 0 Å². The van der Waals surface area contributed by atoms with Gasteiger partial charge in [-0.25, -0.2) is 0 Å². The van der Waals surface area contributed by atoms with Gasteiger partial charge in [-0.3, -0.25) is 14.9 Å². The summed E-state index contributed by atoms with van der Waals surface area (Å²) >= 11 is 0. The molecule has 0 aromatic heterocycles. The number of carboxylic acid groups (broad SMARTS) is 1. The minimum Gasteiger partial charge on any atom is -0.480 e. The fourth-order valence-electron chi connectivity index (χ4n) is 1.47. The summed E-state index contributed by atoms with van der Waals surface area (Å²) in [6.07, 6.45) is -6.20. The van der Waals surface area contributed by atoms with Gasteiger partial charge >= 0.3 is 18.1 Å². The van der Waals surface area contributed by atoms with Gasteiger partial charge in [-0.2, -0.15) is 13.2 Å². The first-order valence-electron chi connectivity index (χ1n) is 6.00. The third-order valence-corrected chi connectivity index (χ3v) is 2.47. The lowest BCUT2D eigenvalue weighted by Crippen LogP contribution is -2.43. The lowest BCUT2D eigenvalue weighted by atomic mass is 10.2. The number of hydrogen-bond donors (Lipinski definition) is 2. The van der Waals surface area contributed by atoms with Crippen molar-refractivity contribution < 1.29 is 32.6 Å². The number of carboxylic acids is 1. The molecule has 1 aromatic rings. The molecular formula is C13H14F3NO4. The molecular weight excluding hydrogens is 291 g/mol. The number of rotatable bonds is 7. The number of aliphatic carboxylic acids is 1. The number of carbonyl (C=O) groups excluding carboxylic acids is 1. The highest BCUT2D eigenvalue weighted by Gasteiger charge is 2.35. The predicted molar refractivity (Wildman–Crippen MR) is 66.3 cm³/mol. The van der Waals surface area contributed by atoms with Crippen LogP contribution in [0.3, 0.4) is 0 Å². The fourth-order valence-corrected chi connectivity index (χ4v) is 1.47. The Balaban J connectivity index is 2.38. The Bertz CT molecular complexity index is 476. The van der Waals surface area contributed by atoms with E-state index in [9.17, 15) is 22.8 Å². The fraction of sp³-hybridized carbons (Fsp3) is 0.385. The Hall–Kier alpha value is -2.09. The van der Waals surface area contributed by atoms with E-state index in [0.717, 1.165) is 5.56 Å². The zero-order chi connectivity index (χ0) is 15.9. The number of ether oxygens (including phenoxy) is 1. The van der Waals surface area contributed by atoms with Crippen molar-refractivity contribution >= 4 is 11.9 Å². The van der Waals surface area contributed by atoms with Crippen LogP contribution in [-0.2, 0) is 20.9 Å². The number of carbonyl (C=O) groups is 2. The first-order chi connectivity index (χ1) is 9.78. The maximum Gasteiger partial charge on any atom is 0.391 e. The molecule has 0 aliphatic rings. The molecule has 0 aliphatic heterocycles. The lowest BCUT2D eigenvalue weighted by Gasteiger charge is -2.15. The van der Waals surface area contributed by atoms with Crippen molar-refractivity contribution in [2.75, 3.05) is 6.54 Å². The van der Waals surface area contributed by atoms with E-state index >= 15 is 0 Å². The highest BCUT2D eigenvalue weighted by molar-refractivity contribution is 5.76. The van der Waals surface area contributed by atoms with Gasteiger partial charge in [-0.1, -0.05) is 30.3 Å². The van der Waals surface area contributed by atoms with Crippen molar-refractivity contribution in [3.63, 3.8) is 0 Å². The topological polar surface area (TPSA) is 75.6 Å². The molecule has 0 radical (unpaired) electrons. The van der Waals surface area contributed by atoms with Crippen molar-refractivity contribution in [1.82, 2.24) is 5.32 Å². The first-order valence-corrected chi connectivity index (χ1v) is 6.00. The van der Waals surface area contributed by atoms with Crippen molar-refractivity contribution in [2.45, 2.75) is 25.2 Å². The Labute approximate surface area is 118 Å². The normalized spacial score (nSPS) is 12.7. The molecule has 0 saturated heterocycles. The van der Waals surface area contributed by atoms with Gasteiger partial charge in [0.2, 0.25) is 0 Å². The molecule has 0 aliphatic carbocycles. The number of alkyl halides is 3. The molecule has 0 fully saturated rings. The number of halogens is 3. The molecule has 116 valence electrons. The van der Waals surface area contributed by atoms with Gasteiger partial charge in [0.15, 0.2) is 0 Å². The summed E-state index contributed by atoms with van der Waals surface area (Å²) in [7, 11) is 0. The molecule has 5 nitrogen and oxygen atoms in total. The zero-order valence-corrected chi connectivity index (χ0v) is 10.9. The summed E-state index contributed by atoms with van der Waals surface area (Å²) in [6.45, 7) is -0.641. The van der Waals surface area contributed by atoms with Gasteiger partial charge in [0, 0.05) is 0 Å². The molecule has 0 amide bonds. The van der Waals surface area contributed by atoms with Crippen molar-refractivity contribution in [2.24, 2.45) is 0 Å². The molecule has 0 spiro atoms. The van der Waals surface area contributed by atoms with Crippen LogP contribution in [0.15, 0.2) is 30.3 Å². The standard InChI is InChI=1S/C13H14F3NO4/c14-13(15,16)6-10(12(19)20)17-7-11(18)21-8-9-4-2-1-3-5-9/h1-5,10,17H,6-8H2,(H,19,20). The van der Waals surface area contributed by atoms with Gasteiger partial charge < -0.3 is 9.84 Å².